The van der Waals surface area contributed by atoms with Crippen LogP contribution in [-0.4, -0.2) is 9.55 Å². The molecule has 0 atom stereocenters. The maximum Gasteiger partial charge on any atom is 0.135 e. The second-order valence-corrected chi connectivity index (χ2v) is 18.4. The van der Waals surface area contributed by atoms with E-state index in [1.807, 2.05) is 68.1 Å². The number of para-hydroxylation sites is 3. The summed E-state index contributed by atoms with van der Waals surface area (Å²) in [5.41, 5.74) is 2.86. The molecule has 0 bridgehead atoms. The molecule has 10 aromatic rings. The summed E-state index contributed by atoms with van der Waals surface area (Å²) in [6.45, 7) is 14.0. The predicted octanol–water partition coefficient (Wildman–Crippen LogP) is 16.4. The molecule has 68 heavy (non-hydrogen) atoms. The maximum absolute atomic E-state index is 9.39. The molecule has 0 aliphatic carbocycles. The number of benzene rings is 8. The minimum Gasteiger partial charge on any atom is -0.493 e. The Morgan fingerprint density at radius 1 is 0.544 bits per heavy atom. The van der Waals surface area contributed by atoms with Crippen LogP contribution in [0.4, 0.5) is 22.7 Å². The van der Waals surface area contributed by atoms with Crippen molar-refractivity contribution in [1.29, 1.82) is 0 Å². The van der Waals surface area contributed by atoms with Crippen LogP contribution in [0.2, 0.25) is 0 Å². The van der Waals surface area contributed by atoms with Crippen LogP contribution in [0.25, 0.3) is 61.0 Å². The van der Waals surface area contributed by atoms with E-state index in [0.29, 0.717) is 50.3 Å². The van der Waals surface area contributed by atoms with E-state index >= 15 is 0 Å². The number of rotatable bonds is 8. The Kier molecular flexibility index (Phi) is 7.30. The van der Waals surface area contributed by atoms with Crippen molar-refractivity contribution in [3.05, 3.63) is 235 Å². The standard InChI is InChI=1S/C63H53N4.Pt/c1-62(2,3)49-32-33-64-60(41-49)67-56-27-17-16-26-52(56)53-31-30-43(37-59(53)67)34-44-35-50(63(4,5)6)40-51(36-44)65-42-66(58-29-19-18-28-57(58)65)61-54(46-22-12-8-13-23-46)38-48(45-20-10-7-11-21-45)39-55(61)47-24-14-9-15-25-47;/h7-33,35,38-42H,34H2,1-6H3;/q-3;/i7D,8D,9D,10D,11D,12D,13D,14D,15D,16D,17D,20D,21D,22D,23D,24D,25D,26D,27D;. The van der Waals surface area contributed by atoms with Crippen LogP contribution < -0.4 is 9.80 Å². The van der Waals surface area contributed by atoms with Crippen molar-refractivity contribution in [2.24, 2.45) is 0 Å². The van der Waals surface area contributed by atoms with Gasteiger partial charge in [-0.25, -0.2) is 4.98 Å². The molecule has 2 aromatic heterocycles. The first-order valence-corrected chi connectivity index (χ1v) is 21.8. The maximum atomic E-state index is 9.39. The molecule has 4 nitrogen and oxygen atoms in total. The SMILES string of the molecule is [2H]c1c([2H])c([2H])c(-c2cc(-c3c([2H])c([2H])c([2H])c([2H])c3[2H])c(N3[CH-]N(c4[c-]c(Cc5[c-]c6c(cc5)c5c([2H])c([2H])c([2H])c([2H])c5n6-c5cc(C(C)(C)C)ccn5)cc(C(C)(C)C)c4)c4ccccc43)c(-c3c([2H])c([2H])c([2H])c([2H])c3[2H])c2)c([2H])c1[2H].[Pt]. The van der Waals surface area contributed by atoms with Crippen molar-refractivity contribution >= 4 is 44.6 Å². The first-order valence-electron chi connectivity index (χ1n) is 31.3. The number of nitrogens with zero attached hydrogens (tertiary/aromatic N) is 4. The van der Waals surface area contributed by atoms with Gasteiger partial charge in [-0.1, -0.05) is 168 Å². The molecule has 1 aliphatic rings. The van der Waals surface area contributed by atoms with Gasteiger partial charge in [0.15, 0.2) is 0 Å². The van der Waals surface area contributed by atoms with Crippen LogP contribution in [0.1, 0.15) is 89.8 Å². The summed E-state index contributed by atoms with van der Waals surface area (Å²) in [6, 6.07) is 16.8. The fraction of sp³-hybridized carbons (Fsp3) is 0.143. The number of hydrogen-bond acceptors (Lipinski definition) is 3. The number of anilines is 4. The average Bonchev–Trinajstić information content (AvgIpc) is 2.01. The van der Waals surface area contributed by atoms with Crippen molar-refractivity contribution in [3.63, 3.8) is 0 Å². The Balaban J connectivity index is 0.00000838. The van der Waals surface area contributed by atoms with Gasteiger partial charge in [0.2, 0.25) is 0 Å². The Morgan fingerprint density at radius 3 is 1.76 bits per heavy atom. The molecule has 3 heterocycles. The van der Waals surface area contributed by atoms with Crippen molar-refractivity contribution in [2.45, 2.75) is 58.8 Å². The van der Waals surface area contributed by atoms with Gasteiger partial charge in [0, 0.05) is 61.0 Å². The normalized spacial score (nSPS) is 16.6. The zero-order chi connectivity index (χ0) is 62.4. The quantitative estimate of drug-likeness (QED) is 0.142. The molecule has 0 saturated carbocycles. The summed E-state index contributed by atoms with van der Waals surface area (Å²) >= 11 is 0. The minimum absolute atomic E-state index is 0. The van der Waals surface area contributed by atoms with E-state index in [1.165, 1.54) is 12.1 Å². The van der Waals surface area contributed by atoms with Gasteiger partial charge in [-0.05, 0) is 92.9 Å². The Bertz CT molecular complexity index is 4410. The first-order chi connectivity index (χ1) is 40.3. The number of fused-ring (bicyclic) bond motifs is 4. The van der Waals surface area contributed by atoms with E-state index in [2.05, 4.69) is 32.9 Å². The fourth-order valence-electron chi connectivity index (χ4n) is 8.56. The molecule has 11 rings (SSSR count). The summed E-state index contributed by atoms with van der Waals surface area (Å²) in [5.74, 6) is 0.445. The molecule has 0 unspecified atom stereocenters. The number of hydrogen-bond donors (Lipinski definition) is 0. The van der Waals surface area contributed by atoms with Gasteiger partial charge in [-0.3, -0.25) is 0 Å². The van der Waals surface area contributed by atoms with Gasteiger partial charge in [-0.2, -0.15) is 47.0 Å². The molecule has 338 valence electrons. The summed E-state index contributed by atoms with van der Waals surface area (Å²) in [4.78, 5) is 8.17. The Hall–Kier alpha value is -7.00. The van der Waals surface area contributed by atoms with Gasteiger partial charge >= 0.3 is 0 Å². The van der Waals surface area contributed by atoms with Crippen molar-refractivity contribution in [2.75, 3.05) is 9.80 Å². The fourth-order valence-corrected chi connectivity index (χ4v) is 8.56. The van der Waals surface area contributed by atoms with Gasteiger partial charge < -0.3 is 14.4 Å². The molecule has 0 radical (unpaired) electrons. The third-order valence-electron chi connectivity index (χ3n) is 11.9. The second kappa shape index (κ2) is 17.9. The van der Waals surface area contributed by atoms with Gasteiger partial charge in [0.1, 0.15) is 5.82 Å². The van der Waals surface area contributed by atoms with Crippen molar-refractivity contribution in [3.8, 4) is 39.2 Å². The Labute approximate surface area is 442 Å². The van der Waals surface area contributed by atoms with Crippen LogP contribution in [0.15, 0.2) is 194 Å². The third-order valence-corrected chi connectivity index (χ3v) is 11.9. The minimum atomic E-state index is -0.728. The number of pyridine rings is 1. The topological polar surface area (TPSA) is 24.3 Å². The average molecular weight is 1080 g/mol. The largest absolute Gasteiger partial charge is 0.493 e. The zero-order valence-electron chi connectivity index (χ0n) is 56.9. The molecular weight excluding hydrogens is 1010 g/mol. The smallest absolute Gasteiger partial charge is 0.135 e. The van der Waals surface area contributed by atoms with Crippen LogP contribution in [-0.2, 0) is 38.3 Å². The summed E-state index contributed by atoms with van der Waals surface area (Å²) in [7, 11) is 0. The summed E-state index contributed by atoms with van der Waals surface area (Å²) in [5, 5.41) is 0.865. The molecule has 5 heteroatoms. The van der Waals surface area contributed by atoms with Gasteiger partial charge in [-0.15, -0.1) is 23.8 Å². The van der Waals surface area contributed by atoms with Crippen LogP contribution >= 0.6 is 0 Å². The third kappa shape index (κ3) is 8.37. The van der Waals surface area contributed by atoms with E-state index in [0.717, 1.165) is 11.1 Å². The summed E-state index contributed by atoms with van der Waals surface area (Å²) < 4.78 is 171. The van der Waals surface area contributed by atoms with E-state index in [-0.39, 0.29) is 90.5 Å². The van der Waals surface area contributed by atoms with Crippen LogP contribution in [0.3, 0.4) is 0 Å². The van der Waals surface area contributed by atoms with E-state index in [9.17, 15) is 5.48 Å². The predicted molar refractivity (Wildman–Crippen MR) is 281 cm³/mol. The first kappa shape index (κ1) is 27.7. The molecule has 1 aliphatic heterocycles. The molecule has 8 aromatic carbocycles. The molecule has 0 saturated heterocycles. The van der Waals surface area contributed by atoms with Gasteiger partial charge in [0.25, 0.3) is 0 Å². The monoisotopic (exact) mass is 1080 g/mol. The van der Waals surface area contributed by atoms with Crippen LogP contribution in [0, 0.1) is 18.8 Å². The van der Waals surface area contributed by atoms with E-state index in [1.54, 1.807) is 40.5 Å². The van der Waals surface area contributed by atoms with Crippen molar-refractivity contribution < 1.29 is 47.1 Å². The second-order valence-electron chi connectivity index (χ2n) is 18.4. The molecular formula is C63H53N4Pt-3. The van der Waals surface area contributed by atoms with E-state index < -0.39 is 107 Å². The van der Waals surface area contributed by atoms with Gasteiger partial charge in [0.05, 0.1) is 26.0 Å². The number of aromatic nitrogens is 2. The van der Waals surface area contributed by atoms with Crippen LogP contribution in [0.5, 0.6) is 0 Å². The molecule has 0 N–H and O–H groups in total. The molecule has 0 fully saturated rings. The molecule has 0 spiro atoms. The summed E-state index contributed by atoms with van der Waals surface area (Å²) in [6.07, 6.45) is 1.91. The van der Waals surface area contributed by atoms with E-state index in [4.69, 9.17) is 25.5 Å². The van der Waals surface area contributed by atoms with Crippen molar-refractivity contribution in [1.82, 2.24) is 9.55 Å². The Morgan fingerprint density at radius 2 is 1.13 bits per heavy atom. The zero-order valence-corrected chi connectivity index (χ0v) is 40.2. The molecule has 0 amide bonds.